The third kappa shape index (κ3) is 5.39. The van der Waals surface area contributed by atoms with Crippen molar-refractivity contribution >= 4 is 0 Å². The molecule has 0 spiro atoms. The van der Waals surface area contributed by atoms with Crippen LogP contribution in [0.15, 0.2) is 0 Å². The summed E-state index contributed by atoms with van der Waals surface area (Å²) in [4.78, 5) is 2.54. The molecule has 0 bridgehead atoms. The minimum absolute atomic E-state index is 0.347. The van der Waals surface area contributed by atoms with Crippen molar-refractivity contribution in [3.8, 4) is 0 Å². The molecule has 1 saturated carbocycles. The van der Waals surface area contributed by atoms with Gasteiger partial charge in [0.15, 0.2) is 0 Å². The van der Waals surface area contributed by atoms with E-state index in [9.17, 15) is 0 Å². The van der Waals surface area contributed by atoms with Gasteiger partial charge < -0.3 is 10.2 Å². The molecule has 102 valence electrons. The first-order valence-corrected chi connectivity index (χ1v) is 7.35. The fourth-order valence-corrected chi connectivity index (χ4v) is 2.91. The lowest BCUT2D eigenvalue weighted by Crippen LogP contribution is -2.48. The Balaban J connectivity index is 2.37. The molecule has 0 aromatic carbocycles. The highest BCUT2D eigenvalue weighted by Gasteiger charge is 2.26. The largest absolute Gasteiger partial charge is 0.312 e. The molecule has 1 aliphatic carbocycles. The summed E-state index contributed by atoms with van der Waals surface area (Å²) in [6.45, 7) is 12.7. The fourth-order valence-electron chi connectivity index (χ4n) is 2.91. The van der Waals surface area contributed by atoms with Crippen molar-refractivity contribution in [2.24, 2.45) is 11.3 Å². The molecule has 0 aromatic heterocycles. The predicted octanol–water partition coefficient (Wildman–Crippen LogP) is 3.13. The van der Waals surface area contributed by atoms with E-state index >= 15 is 0 Å². The summed E-state index contributed by atoms with van der Waals surface area (Å²) < 4.78 is 0. The first-order valence-electron chi connectivity index (χ1n) is 7.35. The Hall–Kier alpha value is -0.0800. The molecule has 1 unspecified atom stereocenters. The van der Waals surface area contributed by atoms with Gasteiger partial charge in [0.05, 0.1) is 0 Å². The highest BCUT2D eigenvalue weighted by Crippen LogP contribution is 2.26. The summed E-state index contributed by atoms with van der Waals surface area (Å²) in [5.74, 6) is 0.960. The smallest absolute Gasteiger partial charge is 0.0243 e. The van der Waals surface area contributed by atoms with Gasteiger partial charge in [-0.15, -0.1) is 0 Å². The minimum atomic E-state index is 0.347. The maximum absolute atomic E-state index is 3.64. The van der Waals surface area contributed by atoms with E-state index in [1.807, 2.05) is 0 Å². The van der Waals surface area contributed by atoms with Crippen LogP contribution in [0.2, 0.25) is 0 Å². The molecule has 0 aliphatic heterocycles. The monoisotopic (exact) mass is 240 g/mol. The van der Waals surface area contributed by atoms with Gasteiger partial charge in [0, 0.05) is 19.1 Å². The second kappa shape index (κ2) is 6.75. The lowest BCUT2D eigenvalue weighted by atomic mass is 9.86. The van der Waals surface area contributed by atoms with Crippen LogP contribution in [-0.2, 0) is 0 Å². The fraction of sp³-hybridized carbons (Fsp3) is 1.00. The van der Waals surface area contributed by atoms with E-state index in [-0.39, 0.29) is 0 Å². The van der Waals surface area contributed by atoms with Crippen LogP contribution in [0.1, 0.15) is 53.4 Å². The average Bonchev–Trinajstić information content (AvgIpc) is 2.68. The molecule has 1 rings (SSSR count). The molecule has 17 heavy (non-hydrogen) atoms. The summed E-state index contributed by atoms with van der Waals surface area (Å²) in [5, 5.41) is 3.64. The number of rotatable bonds is 6. The zero-order valence-electron chi connectivity index (χ0n) is 12.6. The molecule has 1 N–H and O–H groups in total. The zero-order chi connectivity index (χ0) is 12.9. The van der Waals surface area contributed by atoms with Crippen LogP contribution in [0.5, 0.6) is 0 Å². The topological polar surface area (TPSA) is 15.3 Å². The maximum Gasteiger partial charge on any atom is 0.0243 e. The Kier molecular flexibility index (Phi) is 5.94. The molecule has 0 heterocycles. The lowest BCUT2D eigenvalue weighted by molar-refractivity contribution is 0.181. The molecule has 2 nitrogen and oxygen atoms in total. The molecule has 0 saturated heterocycles. The van der Waals surface area contributed by atoms with E-state index in [2.05, 4.69) is 45.0 Å². The van der Waals surface area contributed by atoms with Crippen molar-refractivity contribution in [3.63, 3.8) is 0 Å². The number of nitrogens with one attached hydrogen (secondary N) is 1. The van der Waals surface area contributed by atoms with Gasteiger partial charge in [-0.05, 0) is 37.8 Å². The SMILES string of the molecule is CCNC(CN(C)CC1CCCC1)C(C)(C)C. The van der Waals surface area contributed by atoms with Crippen LogP contribution in [0, 0.1) is 11.3 Å². The second-order valence-corrected chi connectivity index (χ2v) is 6.85. The summed E-state index contributed by atoms with van der Waals surface area (Å²) in [6.07, 6.45) is 5.81. The van der Waals surface area contributed by atoms with Crippen LogP contribution in [0.4, 0.5) is 0 Å². The number of hydrogen-bond donors (Lipinski definition) is 1. The zero-order valence-corrected chi connectivity index (χ0v) is 12.6. The number of hydrogen-bond acceptors (Lipinski definition) is 2. The Morgan fingerprint density at radius 1 is 1.24 bits per heavy atom. The molecule has 1 aliphatic rings. The highest BCUT2D eigenvalue weighted by molar-refractivity contribution is 4.83. The normalized spacial score (nSPS) is 20.1. The van der Waals surface area contributed by atoms with E-state index in [4.69, 9.17) is 0 Å². The Morgan fingerprint density at radius 2 is 1.82 bits per heavy atom. The molecular weight excluding hydrogens is 208 g/mol. The van der Waals surface area contributed by atoms with Gasteiger partial charge >= 0.3 is 0 Å². The van der Waals surface area contributed by atoms with Crippen LogP contribution in [0.3, 0.4) is 0 Å². The van der Waals surface area contributed by atoms with Crippen LogP contribution in [0.25, 0.3) is 0 Å². The third-order valence-electron chi connectivity index (χ3n) is 4.03. The molecule has 1 fully saturated rings. The molecule has 2 heteroatoms. The van der Waals surface area contributed by atoms with E-state index in [1.54, 1.807) is 0 Å². The van der Waals surface area contributed by atoms with Crippen molar-refractivity contribution in [2.75, 3.05) is 26.7 Å². The molecular formula is C15H32N2. The van der Waals surface area contributed by atoms with Gasteiger partial charge in [-0.1, -0.05) is 40.5 Å². The standard InChI is InChI=1S/C15H32N2/c1-6-16-14(15(2,3)4)12-17(5)11-13-9-7-8-10-13/h13-14,16H,6-12H2,1-5H3. The lowest BCUT2D eigenvalue weighted by Gasteiger charge is -2.35. The van der Waals surface area contributed by atoms with E-state index in [1.165, 1.54) is 38.8 Å². The molecule has 0 amide bonds. The molecule has 1 atom stereocenters. The predicted molar refractivity (Wildman–Crippen MR) is 76.4 cm³/mol. The van der Waals surface area contributed by atoms with Crippen molar-refractivity contribution in [1.82, 2.24) is 10.2 Å². The van der Waals surface area contributed by atoms with Gasteiger partial charge in [0.25, 0.3) is 0 Å². The molecule has 0 radical (unpaired) electrons. The van der Waals surface area contributed by atoms with Gasteiger partial charge in [-0.2, -0.15) is 0 Å². The van der Waals surface area contributed by atoms with E-state index in [0.717, 1.165) is 12.5 Å². The Labute approximate surface area is 108 Å². The van der Waals surface area contributed by atoms with Crippen molar-refractivity contribution in [2.45, 2.75) is 59.4 Å². The van der Waals surface area contributed by atoms with Crippen molar-refractivity contribution in [1.29, 1.82) is 0 Å². The first kappa shape index (κ1) is 15.0. The summed E-state index contributed by atoms with van der Waals surface area (Å²) in [7, 11) is 2.29. The quantitative estimate of drug-likeness (QED) is 0.767. The van der Waals surface area contributed by atoms with Crippen molar-refractivity contribution in [3.05, 3.63) is 0 Å². The van der Waals surface area contributed by atoms with Crippen LogP contribution >= 0.6 is 0 Å². The average molecular weight is 240 g/mol. The van der Waals surface area contributed by atoms with Gasteiger partial charge in [0.1, 0.15) is 0 Å². The van der Waals surface area contributed by atoms with Crippen molar-refractivity contribution < 1.29 is 0 Å². The maximum atomic E-state index is 3.64. The van der Waals surface area contributed by atoms with Crippen LogP contribution < -0.4 is 5.32 Å². The summed E-state index contributed by atoms with van der Waals surface area (Å²) in [6, 6.07) is 0.596. The number of likely N-dealkylation sites (N-methyl/N-ethyl adjacent to an activating group) is 2. The van der Waals surface area contributed by atoms with E-state index < -0.39 is 0 Å². The summed E-state index contributed by atoms with van der Waals surface area (Å²) in [5.41, 5.74) is 0.347. The van der Waals surface area contributed by atoms with E-state index in [0.29, 0.717) is 11.5 Å². The molecule has 0 aromatic rings. The number of nitrogens with zero attached hydrogens (tertiary/aromatic N) is 1. The highest BCUT2D eigenvalue weighted by atomic mass is 15.1. The Bertz CT molecular complexity index is 201. The Morgan fingerprint density at radius 3 is 2.29 bits per heavy atom. The van der Waals surface area contributed by atoms with Gasteiger partial charge in [-0.3, -0.25) is 0 Å². The van der Waals surface area contributed by atoms with Gasteiger partial charge in [0.2, 0.25) is 0 Å². The third-order valence-corrected chi connectivity index (χ3v) is 4.03. The summed E-state index contributed by atoms with van der Waals surface area (Å²) >= 11 is 0. The van der Waals surface area contributed by atoms with Gasteiger partial charge in [-0.25, -0.2) is 0 Å². The minimum Gasteiger partial charge on any atom is -0.312 e. The first-order chi connectivity index (χ1) is 7.93. The van der Waals surface area contributed by atoms with Crippen LogP contribution in [-0.4, -0.2) is 37.6 Å². The second-order valence-electron chi connectivity index (χ2n) is 6.85.